The molecule has 2 fully saturated rings. The molecule has 0 atom stereocenters. The van der Waals surface area contributed by atoms with E-state index in [1.54, 1.807) is 31.3 Å². The van der Waals surface area contributed by atoms with Crippen molar-refractivity contribution >= 4 is 15.9 Å². The average molecular weight is 408 g/mol. The van der Waals surface area contributed by atoms with Crippen molar-refractivity contribution < 1.29 is 13.2 Å². The molecule has 0 bridgehead atoms. The fraction of sp³-hybridized carbons (Fsp3) is 0.667. The Morgan fingerprint density at radius 3 is 2.00 bits per heavy atom. The first-order valence-corrected chi connectivity index (χ1v) is 11.8. The van der Waals surface area contributed by atoms with Gasteiger partial charge in [0.1, 0.15) is 0 Å². The zero-order valence-electron chi connectivity index (χ0n) is 17.3. The van der Waals surface area contributed by atoms with Crippen molar-refractivity contribution in [2.24, 2.45) is 0 Å². The van der Waals surface area contributed by atoms with E-state index in [4.69, 9.17) is 0 Å². The quantitative estimate of drug-likeness (QED) is 0.753. The monoisotopic (exact) mass is 407 g/mol. The zero-order valence-corrected chi connectivity index (χ0v) is 18.1. The molecule has 1 saturated carbocycles. The predicted molar refractivity (Wildman–Crippen MR) is 111 cm³/mol. The van der Waals surface area contributed by atoms with Crippen LogP contribution in [0.5, 0.6) is 0 Å². The van der Waals surface area contributed by atoms with Crippen molar-refractivity contribution in [1.82, 2.24) is 14.1 Å². The highest BCUT2D eigenvalue weighted by molar-refractivity contribution is 7.89. The minimum Gasteiger partial charge on any atom is -0.339 e. The van der Waals surface area contributed by atoms with E-state index in [9.17, 15) is 13.2 Å². The second-order valence-electron chi connectivity index (χ2n) is 8.32. The fourth-order valence-electron chi connectivity index (χ4n) is 4.34. The van der Waals surface area contributed by atoms with E-state index in [1.165, 1.54) is 10.7 Å². The highest BCUT2D eigenvalue weighted by Crippen LogP contribution is 2.27. The molecule has 0 spiro atoms. The summed E-state index contributed by atoms with van der Waals surface area (Å²) in [7, 11) is 2.31. The Morgan fingerprint density at radius 1 is 0.893 bits per heavy atom. The third kappa shape index (κ3) is 4.58. The van der Waals surface area contributed by atoms with E-state index in [-0.39, 0.29) is 16.8 Å². The van der Waals surface area contributed by atoms with Gasteiger partial charge < -0.3 is 9.80 Å². The van der Waals surface area contributed by atoms with Crippen molar-refractivity contribution in [2.45, 2.75) is 61.9 Å². The molecule has 7 heteroatoms. The third-order valence-electron chi connectivity index (χ3n) is 6.35. The van der Waals surface area contributed by atoms with E-state index >= 15 is 0 Å². The molecule has 2 aliphatic rings. The first kappa shape index (κ1) is 21.3. The molecule has 1 aromatic rings. The van der Waals surface area contributed by atoms with E-state index < -0.39 is 10.0 Å². The van der Waals surface area contributed by atoms with Gasteiger partial charge in [0.05, 0.1) is 4.90 Å². The van der Waals surface area contributed by atoms with E-state index in [2.05, 4.69) is 19.0 Å². The van der Waals surface area contributed by atoms with Gasteiger partial charge in [-0.2, -0.15) is 4.31 Å². The Hall–Kier alpha value is -1.44. The molecular formula is C21H33N3O3S. The summed E-state index contributed by atoms with van der Waals surface area (Å²) in [6.07, 6.45) is 7.15. The molecule has 156 valence electrons. The first-order valence-electron chi connectivity index (χ1n) is 10.3. The summed E-state index contributed by atoms with van der Waals surface area (Å²) < 4.78 is 27.4. The standard InChI is InChI=1S/C21H33N3O3S/c1-22(2)18-13-15-24(16-14-18)21(25)17-9-11-20(12-10-17)28(26,27)23(3)19-7-5-4-6-8-19/h9-12,18-19H,4-8,13-16H2,1-3H3. The maximum Gasteiger partial charge on any atom is 0.253 e. The highest BCUT2D eigenvalue weighted by Gasteiger charge is 2.29. The Balaban J connectivity index is 1.66. The molecule has 28 heavy (non-hydrogen) atoms. The molecule has 3 rings (SSSR count). The van der Waals surface area contributed by atoms with Crippen molar-refractivity contribution in [3.8, 4) is 0 Å². The van der Waals surface area contributed by atoms with Gasteiger partial charge in [0, 0.05) is 37.8 Å². The van der Waals surface area contributed by atoms with Gasteiger partial charge >= 0.3 is 0 Å². The molecule has 1 aliphatic carbocycles. The minimum absolute atomic E-state index is 0.0122. The Bertz CT molecular complexity index is 763. The van der Waals surface area contributed by atoms with Crippen LogP contribution in [-0.4, -0.2) is 74.7 Å². The van der Waals surface area contributed by atoms with Crippen LogP contribution in [0.1, 0.15) is 55.3 Å². The molecular weight excluding hydrogens is 374 g/mol. The number of nitrogens with zero attached hydrogens (tertiary/aromatic N) is 3. The van der Waals surface area contributed by atoms with Gasteiger partial charge in [-0.25, -0.2) is 8.42 Å². The number of carbonyl (C=O) groups is 1. The summed E-state index contributed by atoms with van der Waals surface area (Å²) in [4.78, 5) is 17.1. The van der Waals surface area contributed by atoms with Crippen LogP contribution in [-0.2, 0) is 10.0 Å². The van der Waals surface area contributed by atoms with Crippen LogP contribution in [0.4, 0.5) is 0 Å². The topological polar surface area (TPSA) is 60.9 Å². The maximum absolute atomic E-state index is 12.9. The molecule has 0 aromatic heterocycles. The SMILES string of the molecule is CN(C)C1CCN(C(=O)c2ccc(S(=O)(=O)N(C)C3CCCCC3)cc2)CC1. The summed E-state index contributed by atoms with van der Waals surface area (Å²) in [5, 5.41) is 0. The highest BCUT2D eigenvalue weighted by atomic mass is 32.2. The molecule has 6 nitrogen and oxygen atoms in total. The summed E-state index contributed by atoms with van der Waals surface area (Å²) >= 11 is 0. The molecule has 1 saturated heterocycles. The lowest BCUT2D eigenvalue weighted by atomic mass is 9.96. The molecule has 1 heterocycles. The third-order valence-corrected chi connectivity index (χ3v) is 8.27. The summed E-state index contributed by atoms with van der Waals surface area (Å²) in [5.41, 5.74) is 0.558. The number of sulfonamides is 1. The first-order chi connectivity index (χ1) is 13.3. The second-order valence-corrected chi connectivity index (χ2v) is 10.3. The molecule has 0 unspecified atom stereocenters. The molecule has 1 amide bonds. The van der Waals surface area contributed by atoms with Crippen LogP contribution >= 0.6 is 0 Å². The smallest absolute Gasteiger partial charge is 0.253 e. The van der Waals surface area contributed by atoms with Crippen molar-refractivity contribution in [3.05, 3.63) is 29.8 Å². The summed E-state index contributed by atoms with van der Waals surface area (Å²) in [5.74, 6) is -0.0122. The van der Waals surface area contributed by atoms with E-state index in [0.29, 0.717) is 11.6 Å². The fourth-order valence-corrected chi connectivity index (χ4v) is 5.76. The largest absolute Gasteiger partial charge is 0.339 e. The average Bonchev–Trinajstić information content (AvgIpc) is 2.73. The second kappa shape index (κ2) is 8.93. The number of piperidine rings is 1. The van der Waals surface area contributed by atoms with E-state index in [0.717, 1.165) is 51.6 Å². The number of amides is 1. The normalized spacial score (nSPS) is 20.1. The Morgan fingerprint density at radius 2 is 1.46 bits per heavy atom. The van der Waals surface area contributed by atoms with Crippen LogP contribution in [0.2, 0.25) is 0 Å². The van der Waals surface area contributed by atoms with E-state index in [1.807, 2.05) is 4.90 Å². The van der Waals surface area contributed by atoms with Crippen LogP contribution < -0.4 is 0 Å². The number of rotatable bonds is 5. The van der Waals surface area contributed by atoms with Gasteiger partial charge in [0.25, 0.3) is 5.91 Å². The van der Waals surface area contributed by atoms with Gasteiger partial charge in [-0.05, 0) is 64.0 Å². The number of likely N-dealkylation sites (tertiary alicyclic amines) is 1. The van der Waals surface area contributed by atoms with Crippen molar-refractivity contribution in [1.29, 1.82) is 0 Å². The van der Waals surface area contributed by atoms with Gasteiger partial charge in [0.15, 0.2) is 0 Å². The number of benzene rings is 1. The Labute approximate surface area is 169 Å². The lowest BCUT2D eigenvalue weighted by Gasteiger charge is -2.35. The summed E-state index contributed by atoms with van der Waals surface area (Å²) in [6.45, 7) is 1.48. The van der Waals surface area contributed by atoms with Crippen LogP contribution in [0.3, 0.4) is 0 Å². The zero-order chi connectivity index (χ0) is 20.3. The number of carbonyl (C=O) groups excluding carboxylic acids is 1. The number of hydrogen-bond acceptors (Lipinski definition) is 4. The van der Waals surface area contributed by atoms with Crippen molar-refractivity contribution in [3.63, 3.8) is 0 Å². The van der Waals surface area contributed by atoms with Gasteiger partial charge in [-0.1, -0.05) is 19.3 Å². The van der Waals surface area contributed by atoms with Crippen molar-refractivity contribution in [2.75, 3.05) is 34.2 Å². The summed E-state index contributed by atoms with van der Waals surface area (Å²) in [6, 6.07) is 7.07. The molecule has 0 N–H and O–H groups in total. The van der Waals surface area contributed by atoms with Gasteiger partial charge in [0.2, 0.25) is 10.0 Å². The molecule has 0 radical (unpaired) electrons. The minimum atomic E-state index is -3.52. The maximum atomic E-state index is 12.9. The van der Waals surface area contributed by atoms with Crippen LogP contribution in [0.25, 0.3) is 0 Å². The molecule has 1 aromatic carbocycles. The lowest BCUT2D eigenvalue weighted by molar-refractivity contribution is 0.0663. The van der Waals surface area contributed by atoms with Gasteiger partial charge in [-0.15, -0.1) is 0 Å². The predicted octanol–water partition coefficient (Wildman–Crippen LogP) is 2.81. The molecule has 1 aliphatic heterocycles. The van der Waals surface area contributed by atoms with Crippen LogP contribution in [0.15, 0.2) is 29.2 Å². The van der Waals surface area contributed by atoms with Gasteiger partial charge in [-0.3, -0.25) is 4.79 Å². The lowest BCUT2D eigenvalue weighted by Crippen LogP contribution is -2.44. The van der Waals surface area contributed by atoms with Crippen LogP contribution in [0, 0.1) is 0 Å². The Kier molecular flexibility index (Phi) is 6.78. The number of hydrogen-bond donors (Lipinski definition) is 0.